The number of carbonyl (C=O) groups excluding carboxylic acids is 2. The van der Waals surface area contributed by atoms with Gasteiger partial charge in [-0.25, -0.2) is 0 Å². The number of amides is 2. The Kier molecular flexibility index (Phi) is 3.81. The molecule has 1 aliphatic carbocycles. The van der Waals surface area contributed by atoms with E-state index in [-0.39, 0.29) is 17.2 Å². The van der Waals surface area contributed by atoms with Crippen LogP contribution in [-0.2, 0) is 10.2 Å². The summed E-state index contributed by atoms with van der Waals surface area (Å²) in [5, 5.41) is 5.89. The van der Waals surface area contributed by atoms with Gasteiger partial charge < -0.3 is 10.6 Å². The van der Waals surface area contributed by atoms with Crippen molar-refractivity contribution >= 4 is 29.3 Å². The Balaban J connectivity index is 1.46. The number of anilines is 1. The van der Waals surface area contributed by atoms with E-state index in [1.165, 1.54) is 17.3 Å². The smallest absolute Gasteiger partial charge is 0.251 e. The highest BCUT2D eigenvalue weighted by molar-refractivity contribution is 8.00. The summed E-state index contributed by atoms with van der Waals surface area (Å²) in [6.07, 6.45) is 2.21. The van der Waals surface area contributed by atoms with E-state index >= 15 is 0 Å². The average Bonchev–Trinajstić information content (AvgIpc) is 3.41. The van der Waals surface area contributed by atoms with Gasteiger partial charge in [-0.1, -0.05) is 30.3 Å². The van der Waals surface area contributed by atoms with E-state index in [0.29, 0.717) is 17.9 Å². The number of fused-ring (bicyclic) bond motifs is 1. The van der Waals surface area contributed by atoms with Crippen molar-refractivity contribution < 1.29 is 9.59 Å². The monoisotopic (exact) mass is 338 g/mol. The largest absolute Gasteiger partial charge is 0.351 e. The van der Waals surface area contributed by atoms with E-state index in [2.05, 4.69) is 22.8 Å². The molecule has 2 N–H and O–H groups in total. The van der Waals surface area contributed by atoms with Crippen LogP contribution in [0, 0.1) is 0 Å². The van der Waals surface area contributed by atoms with Crippen LogP contribution in [0.15, 0.2) is 53.4 Å². The van der Waals surface area contributed by atoms with E-state index in [4.69, 9.17) is 0 Å². The molecule has 4 nitrogen and oxygen atoms in total. The highest BCUT2D eigenvalue weighted by Gasteiger charge is 2.44. The standard InChI is InChI=1S/C19H18N2O2S/c22-17-11-24-16-7-6-13(10-15(16)21-17)18(23)20-12-19(8-9-19)14-4-2-1-3-5-14/h1-7,10H,8-9,11-12H2,(H,20,23)(H,21,22). The van der Waals surface area contributed by atoms with Crippen molar-refractivity contribution in [2.24, 2.45) is 0 Å². The zero-order valence-corrected chi connectivity index (χ0v) is 14.0. The van der Waals surface area contributed by atoms with Crippen molar-refractivity contribution in [3.05, 3.63) is 59.7 Å². The lowest BCUT2D eigenvalue weighted by Gasteiger charge is -2.18. The van der Waals surface area contributed by atoms with Gasteiger partial charge in [0.1, 0.15) is 0 Å². The van der Waals surface area contributed by atoms with Gasteiger partial charge >= 0.3 is 0 Å². The molecule has 0 unspecified atom stereocenters. The van der Waals surface area contributed by atoms with Gasteiger partial charge in [0, 0.05) is 22.4 Å². The Hall–Kier alpha value is -2.27. The summed E-state index contributed by atoms with van der Waals surface area (Å²) in [4.78, 5) is 25.0. The third-order valence-electron chi connectivity index (χ3n) is 4.70. The van der Waals surface area contributed by atoms with E-state index in [1.807, 2.05) is 30.3 Å². The SMILES string of the molecule is O=C1CSc2ccc(C(=O)NCC3(c4ccccc4)CC3)cc2N1. The van der Waals surface area contributed by atoms with Gasteiger partial charge in [0.2, 0.25) is 5.91 Å². The number of hydrogen-bond donors (Lipinski definition) is 2. The van der Waals surface area contributed by atoms with Crippen LogP contribution in [0.1, 0.15) is 28.8 Å². The molecule has 0 radical (unpaired) electrons. The lowest BCUT2D eigenvalue weighted by Crippen LogP contribution is -2.32. The molecule has 0 atom stereocenters. The Morgan fingerprint density at radius 1 is 1.17 bits per heavy atom. The molecular weight excluding hydrogens is 320 g/mol. The first-order valence-electron chi connectivity index (χ1n) is 8.07. The maximum atomic E-state index is 12.5. The Morgan fingerprint density at radius 2 is 1.96 bits per heavy atom. The molecule has 24 heavy (non-hydrogen) atoms. The highest BCUT2D eigenvalue weighted by Crippen LogP contribution is 2.47. The van der Waals surface area contributed by atoms with Crippen LogP contribution < -0.4 is 10.6 Å². The van der Waals surface area contributed by atoms with Crippen molar-refractivity contribution in [2.75, 3.05) is 17.6 Å². The predicted molar refractivity (Wildman–Crippen MR) is 95.5 cm³/mol. The van der Waals surface area contributed by atoms with Gasteiger partial charge in [0.15, 0.2) is 0 Å². The Bertz CT molecular complexity index is 800. The van der Waals surface area contributed by atoms with Crippen LogP contribution in [0.5, 0.6) is 0 Å². The summed E-state index contributed by atoms with van der Waals surface area (Å²) in [7, 11) is 0. The van der Waals surface area contributed by atoms with Crippen molar-refractivity contribution in [1.82, 2.24) is 5.32 Å². The second kappa shape index (κ2) is 5.98. The number of nitrogens with one attached hydrogen (secondary N) is 2. The zero-order valence-electron chi connectivity index (χ0n) is 13.2. The first-order valence-corrected chi connectivity index (χ1v) is 9.05. The van der Waals surface area contributed by atoms with Crippen molar-refractivity contribution in [2.45, 2.75) is 23.2 Å². The Labute approximate surface area is 145 Å². The number of thioether (sulfide) groups is 1. The van der Waals surface area contributed by atoms with Crippen LogP contribution in [0.4, 0.5) is 5.69 Å². The molecule has 122 valence electrons. The van der Waals surface area contributed by atoms with Crippen LogP contribution in [-0.4, -0.2) is 24.1 Å². The molecule has 2 aromatic carbocycles. The number of hydrogen-bond acceptors (Lipinski definition) is 3. The van der Waals surface area contributed by atoms with Gasteiger partial charge in [0.05, 0.1) is 11.4 Å². The lowest BCUT2D eigenvalue weighted by atomic mass is 9.96. The molecule has 2 aliphatic rings. The third-order valence-corrected chi connectivity index (χ3v) is 5.78. The zero-order chi connectivity index (χ0) is 16.6. The molecule has 1 fully saturated rings. The first-order chi connectivity index (χ1) is 11.7. The minimum atomic E-state index is -0.0928. The van der Waals surface area contributed by atoms with E-state index in [0.717, 1.165) is 23.4 Å². The first kappa shape index (κ1) is 15.3. The summed E-state index contributed by atoms with van der Waals surface area (Å²) in [6.45, 7) is 0.647. The van der Waals surface area contributed by atoms with Gasteiger partial charge in [-0.15, -0.1) is 11.8 Å². The molecule has 0 spiro atoms. The van der Waals surface area contributed by atoms with Crippen molar-refractivity contribution in [3.8, 4) is 0 Å². The maximum absolute atomic E-state index is 12.5. The number of benzene rings is 2. The van der Waals surface area contributed by atoms with E-state index in [1.54, 1.807) is 6.07 Å². The summed E-state index contributed by atoms with van der Waals surface area (Å²) >= 11 is 1.50. The quantitative estimate of drug-likeness (QED) is 0.900. The second-order valence-corrected chi connectivity index (χ2v) is 7.39. The fraction of sp³-hybridized carbons (Fsp3) is 0.263. The van der Waals surface area contributed by atoms with Crippen LogP contribution >= 0.6 is 11.8 Å². The van der Waals surface area contributed by atoms with E-state index in [9.17, 15) is 9.59 Å². The summed E-state index contributed by atoms with van der Waals surface area (Å²) < 4.78 is 0. The molecule has 0 saturated heterocycles. The normalized spacial score (nSPS) is 17.6. The molecule has 0 bridgehead atoms. The summed E-state index contributed by atoms with van der Waals surface area (Å²) in [5.41, 5.74) is 2.70. The average molecular weight is 338 g/mol. The third kappa shape index (κ3) is 2.91. The van der Waals surface area contributed by atoms with Gasteiger partial charge in [-0.3, -0.25) is 9.59 Å². The summed E-state index contributed by atoms with van der Waals surface area (Å²) in [6, 6.07) is 15.8. The predicted octanol–water partition coefficient (Wildman–Crippen LogP) is 3.19. The molecule has 1 aliphatic heterocycles. The van der Waals surface area contributed by atoms with Gasteiger partial charge in [-0.2, -0.15) is 0 Å². The minimum Gasteiger partial charge on any atom is -0.351 e. The molecule has 1 saturated carbocycles. The summed E-state index contributed by atoms with van der Waals surface area (Å²) in [5.74, 6) is 0.314. The molecule has 2 amide bonds. The van der Waals surface area contributed by atoms with Crippen LogP contribution in [0.3, 0.4) is 0 Å². The van der Waals surface area contributed by atoms with Gasteiger partial charge in [0.25, 0.3) is 5.91 Å². The lowest BCUT2D eigenvalue weighted by molar-refractivity contribution is -0.113. The fourth-order valence-electron chi connectivity index (χ4n) is 3.09. The van der Waals surface area contributed by atoms with Gasteiger partial charge in [-0.05, 0) is 36.6 Å². The molecule has 4 rings (SSSR count). The fourth-order valence-corrected chi connectivity index (χ4v) is 3.87. The molecule has 2 aromatic rings. The molecule has 1 heterocycles. The maximum Gasteiger partial charge on any atom is 0.251 e. The number of carbonyl (C=O) groups is 2. The van der Waals surface area contributed by atoms with Crippen molar-refractivity contribution in [1.29, 1.82) is 0 Å². The second-order valence-electron chi connectivity index (χ2n) is 6.38. The van der Waals surface area contributed by atoms with Crippen molar-refractivity contribution in [3.63, 3.8) is 0 Å². The minimum absolute atomic E-state index is 0.0222. The Morgan fingerprint density at radius 3 is 2.71 bits per heavy atom. The number of rotatable bonds is 4. The van der Waals surface area contributed by atoms with Crippen LogP contribution in [0.2, 0.25) is 0 Å². The highest BCUT2D eigenvalue weighted by atomic mass is 32.2. The molecular formula is C19H18N2O2S. The molecule has 0 aromatic heterocycles. The van der Waals surface area contributed by atoms with Crippen LogP contribution in [0.25, 0.3) is 0 Å². The van der Waals surface area contributed by atoms with E-state index < -0.39 is 0 Å². The molecule has 5 heteroatoms. The topological polar surface area (TPSA) is 58.2 Å².